The van der Waals surface area contributed by atoms with Crippen LogP contribution >= 0.6 is 8.25 Å². The summed E-state index contributed by atoms with van der Waals surface area (Å²) in [6.07, 6.45) is 4.43. The van der Waals surface area contributed by atoms with Gasteiger partial charge in [0.25, 0.3) is 0 Å². The first kappa shape index (κ1) is 14.1. The van der Waals surface area contributed by atoms with Gasteiger partial charge in [-0.05, 0) is 25.5 Å². The van der Waals surface area contributed by atoms with Crippen molar-refractivity contribution in [2.45, 2.75) is 39.5 Å². The fraction of sp³-hybridized carbons (Fsp3) is 0.538. The third-order valence-electron chi connectivity index (χ3n) is 2.40. The Morgan fingerprint density at radius 1 is 1.12 bits per heavy atom. The molecule has 0 N–H and O–H groups in total. The van der Waals surface area contributed by atoms with Crippen LogP contribution in [0.1, 0.15) is 38.2 Å². The number of rotatable bonds is 8. The topological polar surface area (TPSA) is 35.5 Å². The van der Waals surface area contributed by atoms with Crippen LogP contribution < -0.4 is 4.52 Å². The SMILES string of the molecule is CCCCCCO[P+](=O)Oc1ccc(C)cc1. The Kier molecular flexibility index (Phi) is 6.83. The number of unbranched alkanes of at least 4 members (excludes halogenated alkanes) is 3. The molecule has 1 aromatic rings. The van der Waals surface area contributed by atoms with Gasteiger partial charge in [0, 0.05) is 4.57 Å². The van der Waals surface area contributed by atoms with Crippen LogP contribution in [0.25, 0.3) is 0 Å². The number of hydrogen-bond donors (Lipinski definition) is 0. The number of benzene rings is 1. The lowest BCUT2D eigenvalue weighted by atomic mass is 10.2. The molecule has 17 heavy (non-hydrogen) atoms. The summed E-state index contributed by atoms with van der Waals surface area (Å²) < 4.78 is 21.7. The van der Waals surface area contributed by atoms with Crippen LogP contribution in [0.15, 0.2) is 24.3 Å². The fourth-order valence-corrected chi connectivity index (χ4v) is 2.00. The van der Waals surface area contributed by atoms with E-state index in [0.29, 0.717) is 12.4 Å². The van der Waals surface area contributed by atoms with Gasteiger partial charge in [0.2, 0.25) is 0 Å². The summed E-state index contributed by atoms with van der Waals surface area (Å²) in [7, 11) is -2.04. The molecule has 1 unspecified atom stereocenters. The number of hydrogen-bond acceptors (Lipinski definition) is 3. The van der Waals surface area contributed by atoms with Crippen LogP contribution in [-0.4, -0.2) is 6.61 Å². The third-order valence-corrected chi connectivity index (χ3v) is 3.15. The van der Waals surface area contributed by atoms with Crippen LogP contribution in [0.2, 0.25) is 0 Å². The molecule has 0 amide bonds. The minimum Gasteiger partial charge on any atom is -0.229 e. The van der Waals surface area contributed by atoms with E-state index < -0.39 is 8.25 Å². The maximum atomic E-state index is 11.4. The highest BCUT2D eigenvalue weighted by molar-refractivity contribution is 7.33. The predicted molar refractivity (Wildman–Crippen MR) is 69.5 cm³/mol. The molecule has 0 radical (unpaired) electrons. The third kappa shape index (κ3) is 6.40. The van der Waals surface area contributed by atoms with Crippen molar-refractivity contribution in [2.75, 3.05) is 6.61 Å². The minimum atomic E-state index is -2.04. The second-order valence-electron chi connectivity index (χ2n) is 4.02. The molecule has 0 bridgehead atoms. The smallest absolute Gasteiger partial charge is 0.229 e. The Morgan fingerprint density at radius 3 is 2.47 bits per heavy atom. The standard InChI is InChI=1S/C13H20O3P/c1-3-4-5-6-11-15-17(14)16-13-9-7-12(2)8-10-13/h7-10H,3-6,11H2,1-2H3/q+1. The van der Waals surface area contributed by atoms with Gasteiger partial charge in [0.1, 0.15) is 6.61 Å². The molecule has 0 aliphatic carbocycles. The average molecular weight is 255 g/mol. The fourth-order valence-electron chi connectivity index (χ4n) is 1.38. The Balaban J connectivity index is 2.18. The molecule has 0 saturated carbocycles. The van der Waals surface area contributed by atoms with Crippen molar-refractivity contribution >= 4 is 8.25 Å². The molecule has 1 aromatic carbocycles. The molecule has 1 atom stereocenters. The van der Waals surface area contributed by atoms with Crippen molar-refractivity contribution in [1.82, 2.24) is 0 Å². The first-order chi connectivity index (χ1) is 8.22. The lowest BCUT2D eigenvalue weighted by Gasteiger charge is -1.95. The summed E-state index contributed by atoms with van der Waals surface area (Å²) in [4.78, 5) is 0. The molecule has 0 aliphatic heterocycles. The van der Waals surface area contributed by atoms with Gasteiger partial charge in [0.05, 0.1) is 0 Å². The molecule has 0 aromatic heterocycles. The van der Waals surface area contributed by atoms with Crippen molar-refractivity contribution in [3.63, 3.8) is 0 Å². The van der Waals surface area contributed by atoms with E-state index in [1.807, 2.05) is 19.1 Å². The van der Waals surface area contributed by atoms with E-state index in [0.717, 1.165) is 18.4 Å². The Morgan fingerprint density at radius 2 is 1.82 bits per heavy atom. The van der Waals surface area contributed by atoms with Gasteiger partial charge >= 0.3 is 8.25 Å². The maximum absolute atomic E-state index is 11.4. The second-order valence-corrected chi connectivity index (χ2v) is 4.91. The van der Waals surface area contributed by atoms with Gasteiger partial charge in [-0.25, -0.2) is 4.52 Å². The van der Waals surface area contributed by atoms with Crippen molar-refractivity contribution < 1.29 is 13.6 Å². The maximum Gasteiger partial charge on any atom is 0.750 e. The van der Waals surface area contributed by atoms with Crippen LogP contribution in [-0.2, 0) is 9.09 Å². The summed E-state index contributed by atoms with van der Waals surface area (Å²) in [6, 6.07) is 7.42. The quantitative estimate of drug-likeness (QED) is 0.502. The van der Waals surface area contributed by atoms with Crippen molar-refractivity contribution in [2.24, 2.45) is 0 Å². The van der Waals surface area contributed by atoms with Gasteiger partial charge in [-0.1, -0.05) is 43.9 Å². The number of aryl methyl sites for hydroxylation is 1. The Hall–Kier alpha value is -0.920. The molecule has 0 aliphatic rings. The zero-order valence-electron chi connectivity index (χ0n) is 10.5. The monoisotopic (exact) mass is 255 g/mol. The van der Waals surface area contributed by atoms with E-state index in [1.165, 1.54) is 12.8 Å². The average Bonchev–Trinajstić information content (AvgIpc) is 2.32. The zero-order valence-corrected chi connectivity index (χ0v) is 11.4. The van der Waals surface area contributed by atoms with Crippen LogP contribution in [0.3, 0.4) is 0 Å². The molecule has 1 rings (SSSR count). The summed E-state index contributed by atoms with van der Waals surface area (Å²) >= 11 is 0. The normalized spacial score (nSPS) is 11.3. The Labute approximate surface area is 104 Å². The van der Waals surface area contributed by atoms with E-state index in [2.05, 4.69) is 6.92 Å². The minimum absolute atomic E-state index is 0.501. The summed E-state index contributed by atoms with van der Waals surface area (Å²) in [5.74, 6) is 0.588. The van der Waals surface area contributed by atoms with E-state index in [-0.39, 0.29) is 0 Å². The van der Waals surface area contributed by atoms with Crippen molar-refractivity contribution in [1.29, 1.82) is 0 Å². The zero-order chi connectivity index (χ0) is 12.5. The van der Waals surface area contributed by atoms with Gasteiger partial charge in [-0.2, -0.15) is 0 Å². The van der Waals surface area contributed by atoms with Gasteiger partial charge in [-0.3, -0.25) is 0 Å². The molecule has 0 heterocycles. The molecule has 0 saturated heterocycles. The Bertz CT molecular complexity index is 335. The highest BCUT2D eigenvalue weighted by Crippen LogP contribution is 2.28. The molecule has 0 fully saturated rings. The van der Waals surface area contributed by atoms with Gasteiger partial charge < -0.3 is 0 Å². The molecule has 94 valence electrons. The lowest BCUT2D eigenvalue weighted by Crippen LogP contribution is -1.90. The molecule has 4 heteroatoms. The van der Waals surface area contributed by atoms with Crippen LogP contribution in [0, 0.1) is 6.92 Å². The first-order valence-electron chi connectivity index (χ1n) is 6.07. The predicted octanol–water partition coefficient (Wildman–Crippen LogP) is 4.63. The lowest BCUT2D eigenvalue weighted by molar-refractivity contribution is 0.278. The van der Waals surface area contributed by atoms with Crippen LogP contribution in [0.5, 0.6) is 5.75 Å². The highest BCUT2D eigenvalue weighted by atomic mass is 31.1. The van der Waals surface area contributed by atoms with E-state index in [9.17, 15) is 4.57 Å². The molecular weight excluding hydrogens is 235 g/mol. The van der Waals surface area contributed by atoms with Gasteiger partial charge in [-0.15, -0.1) is 4.52 Å². The molecule has 0 spiro atoms. The van der Waals surface area contributed by atoms with Crippen LogP contribution in [0.4, 0.5) is 0 Å². The molecule has 3 nitrogen and oxygen atoms in total. The van der Waals surface area contributed by atoms with E-state index in [1.54, 1.807) is 12.1 Å². The summed E-state index contributed by atoms with van der Waals surface area (Å²) in [6.45, 7) is 4.65. The van der Waals surface area contributed by atoms with E-state index in [4.69, 9.17) is 9.05 Å². The summed E-state index contributed by atoms with van der Waals surface area (Å²) in [5, 5.41) is 0. The highest BCUT2D eigenvalue weighted by Gasteiger charge is 2.21. The largest absolute Gasteiger partial charge is 0.750 e. The molecular formula is C13H20O3P+. The summed E-state index contributed by atoms with van der Waals surface area (Å²) in [5.41, 5.74) is 1.15. The van der Waals surface area contributed by atoms with E-state index >= 15 is 0 Å². The second kappa shape index (κ2) is 8.21. The van der Waals surface area contributed by atoms with Crippen molar-refractivity contribution in [3.8, 4) is 5.75 Å². The first-order valence-corrected chi connectivity index (χ1v) is 7.16. The van der Waals surface area contributed by atoms with Crippen molar-refractivity contribution in [3.05, 3.63) is 29.8 Å². The van der Waals surface area contributed by atoms with Gasteiger partial charge in [0.15, 0.2) is 5.75 Å².